The molecule has 0 aromatic heterocycles. The van der Waals surface area contributed by atoms with Crippen LogP contribution in [0.2, 0.25) is 0 Å². The highest BCUT2D eigenvalue weighted by molar-refractivity contribution is 5.36. The zero-order valence-corrected chi connectivity index (χ0v) is 11.0. The van der Waals surface area contributed by atoms with E-state index in [2.05, 4.69) is 28.7 Å². The maximum atomic E-state index is 10.0. The predicted octanol–water partition coefficient (Wildman–Crippen LogP) is 1.98. The van der Waals surface area contributed by atoms with Crippen LogP contribution in [-0.2, 0) is 14.3 Å². The van der Waals surface area contributed by atoms with Gasteiger partial charge in [-0.15, -0.1) is 0 Å². The molecule has 0 amide bonds. The molecule has 0 N–H and O–H groups in total. The Balaban J connectivity index is 4.12. The number of rotatable bonds is 10. The maximum Gasteiger partial charge on any atom is 0.293 e. The Bertz CT molecular complexity index is 249. The van der Waals surface area contributed by atoms with E-state index in [4.69, 9.17) is 4.74 Å². The first-order valence-electron chi connectivity index (χ1n) is 5.85. The van der Waals surface area contributed by atoms with E-state index in [9.17, 15) is 4.79 Å². The number of methoxy groups -OCH3 is 1. The molecule has 0 saturated heterocycles. The van der Waals surface area contributed by atoms with E-state index in [1.54, 1.807) is 7.11 Å². The molecule has 0 aromatic carbocycles. The van der Waals surface area contributed by atoms with Gasteiger partial charge in [0.15, 0.2) is 0 Å². The average molecular weight is 241 g/mol. The summed E-state index contributed by atoms with van der Waals surface area (Å²) in [5.74, 6) is 0. The molecule has 0 saturated carbocycles. The topological polar surface area (TPSA) is 38.8 Å². The molecule has 0 aliphatic heterocycles. The zero-order valence-electron chi connectivity index (χ0n) is 11.0. The number of ether oxygens (including phenoxy) is 2. The van der Waals surface area contributed by atoms with Gasteiger partial charge >= 0.3 is 0 Å². The lowest BCUT2D eigenvalue weighted by atomic mass is 10.2. The fourth-order valence-corrected chi connectivity index (χ4v) is 1.38. The lowest BCUT2D eigenvalue weighted by Crippen LogP contribution is -2.22. The highest BCUT2D eigenvalue weighted by Crippen LogP contribution is 2.08. The van der Waals surface area contributed by atoms with Crippen molar-refractivity contribution in [2.75, 3.05) is 33.9 Å². The molecule has 0 aliphatic rings. The van der Waals surface area contributed by atoms with E-state index in [-0.39, 0.29) is 0 Å². The van der Waals surface area contributed by atoms with Gasteiger partial charge in [0.05, 0.1) is 13.2 Å². The molecule has 98 valence electrons. The van der Waals surface area contributed by atoms with Gasteiger partial charge < -0.3 is 14.4 Å². The fourth-order valence-electron chi connectivity index (χ4n) is 1.38. The first kappa shape index (κ1) is 15.7. The van der Waals surface area contributed by atoms with E-state index in [0.29, 0.717) is 26.2 Å². The molecule has 0 rings (SSSR count). The molecule has 0 aliphatic carbocycles. The second-order valence-electron chi connectivity index (χ2n) is 3.62. The molecule has 17 heavy (non-hydrogen) atoms. The Morgan fingerprint density at radius 2 is 2.12 bits per heavy atom. The molecular weight excluding hydrogens is 218 g/mol. The van der Waals surface area contributed by atoms with Gasteiger partial charge in [-0.25, -0.2) is 0 Å². The molecular formula is C13H23NO3. The van der Waals surface area contributed by atoms with Crippen molar-refractivity contribution in [2.45, 2.75) is 19.8 Å². The quantitative estimate of drug-likeness (QED) is 0.333. The monoisotopic (exact) mass is 241 g/mol. The third-order valence-electron chi connectivity index (χ3n) is 2.30. The number of carbonyl (C=O) groups excluding carboxylic acids is 1. The van der Waals surface area contributed by atoms with Crippen LogP contribution in [0.1, 0.15) is 19.8 Å². The van der Waals surface area contributed by atoms with Crippen molar-refractivity contribution >= 4 is 6.47 Å². The molecule has 0 aromatic rings. The fraction of sp³-hybridized carbons (Fsp3) is 0.615. The summed E-state index contributed by atoms with van der Waals surface area (Å²) >= 11 is 0. The van der Waals surface area contributed by atoms with Crippen LogP contribution in [0.15, 0.2) is 23.9 Å². The summed E-state index contributed by atoms with van der Waals surface area (Å²) in [6, 6.07) is 0. The standard InChI is InChI=1S/C13H23NO3/c1-4-7-13(8-5-6-10-16-3)14(2)9-11-17-12-15/h5-7,12H,4,8-11H2,1-3H3/b6-5-,13-7+. The van der Waals surface area contributed by atoms with Crippen molar-refractivity contribution in [3.8, 4) is 0 Å². The molecule has 0 heterocycles. The molecule has 0 atom stereocenters. The minimum Gasteiger partial charge on any atom is -0.466 e. The van der Waals surface area contributed by atoms with Gasteiger partial charge in [0.2, 0.25) is 0 Å². The van der Waals surface area contributed by atoms with E-state index in [0.717, 1.165) is 12.8 Å². The number of carbonyl (C=O) groups is 1. The number of hydrogen-bond acceptors (Lipinski definition) is 4. The van der Waals surface area contributed by atoms with E-state index >= 15 is 0 Å². The maximum absolute atomic E-state index is 10.0. The second kappa shape index (κ2) is 11.2. The van der Waals surface area contributed by atoms with E-state index in [1.165, 1.54) is 5.70 Å². The minimum absolute atomic E-state index is 0.419. The Kier molecular flexibility index (Phi) is 10.4. The van der Waals surface area contributed by atoms with Crippen LogP contribution in [-0.4, -0.2) is 45.3 Å². The van der Waals surface area contributed by atoms with Gasteiger partial charge in [0.1, 0.15) is 6.61 Å². The second-order valence-corrected chi connectivity index (χ2v) is 3.62. The first-order valence-corrected chi connectivity index (χ1v) is 5.85. The molecule has 0 unspecified atom stereocenters. The highest BCUT2D eigenvalue weighted by atomic mass is 16.5. The molecule has 0 spiro atoms. The number of likely N-dealkylation sites (N-methyl/N-ethyl adjacent to an activating group) is 1. The molecule has 4 heteroatoms. The number of allylic oxidation sites excluding steroid dienone is 2. The predicted molar refractivity (Wildman–Crippen MR) is 68.7 cm³/mol. The normalized spacial score (nSPS) is 11.8. The van der Waals surface area contributed by atoms with Crippen molar-refractivity contribution in [3.63, 3.8) is 0 Å². The Morgan fingerprint density at radius 1 is 1.35 bits per heavy atom. The van der Waals surface area contributed by atoms with Crippen molar-refractivity contribution in [2.24, 2.45) is 0 Å². The average Bonchev–Trinajstić information content (AvgIpc) is 2.33. The highest BCUT2D eigenvalue weighted by Gasteiger charge is 2.02. The van der Waals surface area contributed by atoms with Gasteiger partial charge in [0.25, 0.3) is 6.47 Å². The lowest BCUT2D eigenvalue weighted by molar-refractivity contribution is -0.128. The van der Waals surface area contributed by atoms with Crippen molar-refractivity contribution in [1.82, 2.24) is 4.90 Å². The summed E-state index contributed by atoms with van der Waals surface area (Å²) < 4.78 is 9.63. The Hall–Kier alpha value is -1.29. The van der Waals surface area contributed by atoms with Gasteiger partial charge in [-0.05, 0) is 6.42 Å². The van der Waals surface area contributed by atoms with E-state index < -0.39 is 0 Å². The van der Waals surface area contributed by atoms with Gasteiger partial charge in [-0.1, -0.05) is 25.2 Å². The van der Waals surface area contributed by atoms with Crippen molar-refractivity contribution in [3.05, 3.63) is 23.9 Å². The summed E-state index contributed by atoms with van der Waals surface area (Å²) in [5.41, 5.74) is 1.23. The van der Waals surface area contributed by atoms with Crippen LogP contribution in [0.25, 0.3) is 0 Å². The lowest BCUT2D eigenvalue weighted by Gasteiger charge is -2.21. The number of hydrogen-bond donors (Lipinski definition) is 0. The van der Waals surface area contributed by atoms with Crippen LogP contribution in [0, 0.1) is 0 Å². The van der Waals surface area contributed by atoms with Crippen LogP contribution < -0.4 is 0 Å². The smallest absolute Gasteiger partial charge is 0.293 e. The third kappa shape index (κ3) is 8.51. The molecule has 4 nitrogen and oxygen atoms in total. The van der Waals surface area contributed by atoms with Crippen molar-refractivity contribution in [1.29, 1.82) is 0 Å². The van der Waals surface area contributed by atoms with Crippen LogP contribution in [0.5, 0.6) is 0 Å². The molecule has 0 fully saturated rings. The van der Waals surface area contributed by atoms with Crippen LogP contribution in [0.3, 0.4) is 0 Å². The minimum atomic E-state index is 0.419. The summed E-state index contributed by atoms with van der Waals surface area (Å²) in [4.78, 5) is 12.1. The summed E-state index contributed by atoms with van der Waals surface area (Å²) in [7, 11) is 3.68. The van der Waals surface area contributed by atoms with Crippen LogP contribution >= 0.6 is 0 Å². The van der Waals surface area contributed by atoms with Crippen LogP contribution in [0.4, 0.5) is 0 Å². The zero-order chi connectivity index (χ0) is 12.9. The SMILES string of the molecule is CC/C=C(\C/C=C\COC)N(C)CCOC=O. The molecule has 0 bridgehead atoms. The van der Waals surface area contributed by atoms with Crippen molar-refractivity contribution < 1.29 is 14.3 Å². The summed E-state index contributed by atoms with van der Waals surface area (Å²) in [6.45, 7) is 4.35. The van der Waals surface area contributed by atoms with Gasteiger partial charge in [-0.3, -0.25) is 4.79 Å². The molecule has 0 radical (unpaired) electrons. The first-order chi connectivity index (χ1) is 8.26. The Morgan fingerprint density at radius 3 is 2.71 bits per heavy atom. The van der Waals surface area contributed by atoms with Gasteiger partial charge in [0, 0.05) is 26.3 Å². The summed E-state index contributed by atoms with van der Waals surface area (Å²) in [5, 5.41) is 0. The number of nitrogens with zero attached hydrogens (tertiary/aromatic N) is 1. The largest absolute Gasteiger partial charge is 0.466 e. The van der Waals surface area contributed by atoms with Gasteiger partial charge in [-0.2, -0.15) is 0 Å². The third-order valence-corrected chi connectivity index (χ3v) is 2.30. The van der Waals surface area contributed by atoms with E-state index in [1.807, 2.05) is 13.1 Å². The Labute approximate surface area is 104 Å². The summed E-state index contributed by atoms with van der Waals surface area (Å²) in [6.07, 6.45) is 8.13.